The number of carbonyl (C=O) groups excluding carboxylic acids is 1. The lowest BCUT2D eigenvalue weighted by Crippen LogP contribution is -2.24. The zero-order valence-electron chi connectivity index (χ0n) is 16.6. The minimum Gasteiger partial charge on any atom is -0.550 e. The van der Waals surface area contributed by atoms with Crippen LogP contribution in [-0.4, -0.2) is 11.0 Å². The van der Waals surface area contributed by atoms with Gasteiger partial charge in [0.15, 0.2) is 0 Å². The SMILES string of the molecule is Cc1ccc(OCc2ccc(-c3nc(CC(=O)[O-])cs3)cc2)c(C(C)(C)C)c1. The van der Waals surface area contributed by atoms with Gasteiger partial charge in [-0.05, 0) is 29.5 Å². The van der Waals surface area contributed by atoms with Gasteiger partial charge in [0.1, 0.15) is 17.4 Å². The molecule has 0 bridgehead atoms. The monoisotopic (exact) mass is 394 g/mol. The van der Waals surface area contributed by atoms with Gasteiger partial charge in [-0.15, -0.1) is 11.3 Å². The Balaban J connectivity index is 1.70. The molecule has 28 heavy (non-hydrogen) atoms. The van der Waals surface area contributed by atoms with Crippen molar-refractivity contribution in [3.05, 3.63) is 70.2 Å². The fourth-order valence-corrected chi connectivity index (χ4v) is 3.75. The van der Waals surface area contributed by atoms with Crippen molar-refractivity contribution in [3.8, 4) is 16.3 Å². The Morgan fingerprint density at radius 2 is 1.86 bits per heavy atom. The van der Waals surface area contributed by atoms with Gasteiger partial charge in [-0.3, -0.25) is 0 Å². The average Bonchev–Trinajstić information content (AvgIpc) is 3.08. The summed E-state index contributed by atoms with van der Waals surface area (Å²) in [6, 6.07) is 14.3. The summed E-state index contributed by atoms with van der Waals surface area (Å²) in [5, 5.41) is 13.3. The molecule has 0 fully saturated rings. The smallest absolute Gasteiger partial charge is 0.123 e. The molecular formula is C23H24NO3S-. The van der Waals surface area contributed by atoms with Crippen molar-refractivity contribution in [1.29, 1.82) is 0 Å². The van der Waals surface area contributed by atoms with Gasteiger partial charge in [-0.2, -0.15) is 0 Å². The quantitative estimate of drug-likeness (QED) is 0.626. The first-order valence-electron chi connectivity index (χ1n) is 9.20. The number of carboxylic acid groups (broad SMARTS) is 1. The predicted molar refractivity (Wildman–Crippen MR) is 110 cm³/mol. The molecule has 4 nitrogen and oxygen atoms in total. The molecule has 1 heterocycles. The molecule has 0 aliphatic carbocycles. The third-order valence-corrected chi connectivity index (χ3v) is 5.36. The molecular weight excluding hydrogens is 370 g/mol. The number of hydrogen-bond acceptors (Lipinski definition) is 5. The summed E-state index contributed by atoms with van der Waals surface area (Å²) >= 11 is 1.43. The molecule has 0 N–H and O–H groups in total. The summed E-state index contributed by atoms with van der Waals surface area (Å²) in [5.74, 6) is -0.205. The zero-order chi connectivity index (χ0) is 20.3. The lowest BCUT2D eigenvalue weighted by atomic mass is 9.85. The van der Waals surface area contributed by atoms with Gasteiger partial charge in [-0.1, -0.05) is 62.7 Å². The molecule has 5 heteroatoms. The fourth-order valence-electron chi connectivity index (χ4n) is 2.93. The summed E-state index contributed by atoms with van der Waals surface area (Å²) in [6.07, 6.45) is -0.158. The Labute approximate surface area is 169 Å². The van der Waals surface area contributed by atoms with Crippen molar-refractivity contribution < 1.29 is 14.6 Å². The highest BCUT2D eigenvalue weighted by Gasteiger charge is 2.19. The van der Waals surface area contributed by atoms with Crippen LogP contribution in [0.3, 0.4) is 0 Å². The highest BCUT2D eigenvalue weighted by atomic mass is 32.1. The molecule has 0 atom stereocenters. The molecule has 0 saturated carbocycles. The number of thiazole rings is 1. The van der Waals surface area contributed by atoms with E-state index in [0.717, 1.165) is 21.9 Å². The summed E-state index contributed by atoms with van der Waals surface area (Å²) in [7, 11) is 0. The second kappa shape index (κ2) is 8.15. The van der Waals surface area contributed by atoms with Crippen LogP contribution in [0.4, 0.5) is 0 Å². The van der Waals surface area contributed by atoms with Crippen molar-refractivity contribution in [2.24, 2.45) is 0 Å². The van der Waals surface area contributed by atoms with E-state index in [4.69, 9.17) is 4.74 Å². The van der Waals surface area contributed by atoms with Crippen LogP contribution >= 0.6 is 11.3 Å². The topological polar surface area (TPSA) is 62.2 Å². The van der Waals surface area contributed by atoms with Gasteiger partial charge in [-0.25, -0.2) is 4.98 Å². The van der Waals surface area contributed by atoms with Crippen molar-refractivity contribution in [2.75, 3.05) is 0 Å². The van der Waals surface area contributed by atoms with Gasteiger partial charge >= 0.3 is 0 Å². The molecule has 0 aliphatic heterocycles. The lowest BCUT2D eigenvalue weighted by Gasteiger charge is -2.23. The van der Waals surface area contributed by atoms with Crippen molar-refractivity contribution in [1.82, 2.24) is 4.98 Å². The number of rotatable bonds is 6. The van der Waals surface area contributed by atoms with Gasteiger partial charge in [0.2, 0.25) is 0 Å². The number of aryl methyl sites for hydroxylation is 1. The van der Waals surface area contributed by atoms with Crippen LogP contribution in [0.2, 0.25) is 0 Å². The third kappa shape index (κ3) is 4.98. The maximum absolute atomic E-state index is 10.7. The van der Waals surface area contributed by atoms with Crippen LogP contribution < -0.4 is 9.84 Å². The number of aliphatic carboxylic acids is 1. The summed E-state index contributed by atoms with van der Waals surface area (Å²) in [5.41, 5.74) is 5.00. The third-order valence-electron chi connectivity index (χ3n) is 4.42. The van der Waals surface area contributed by atoms with E-state index in [1.165, 1.54) is 22.5 Å². The molecule has 2 aromatic carbocycles. The number of carbonyl (C=O) groups is 1. The normalized spacial score (nSPS) is 11.4. The Morgan fingerprint density at radius 1 is 1.14 bits per heavy atom. The van der Waals surface area contributed by atoms with Gasteiger partial charge in [0.05, 0.1) is 5.69 Å². The van der Waals surface area contributed by atoms with Gasteiger partial charge < -0.3 is 14.6 Å². The van der Waals surface area contributed by atoms with E-state index >= 15 is 0 Å². The lowest BCUT2D eigenvalue weighted by molar-refractivity contribution is -0.304. The first-order chi connectivity index (χ1) is 13.2. The van der Waals surface area contributed by atoms with Crippen LogP contribution in [0, 0.1) is 6.92 Å². The van der Waals surface area contributed by atoms with Crippen molar-refractivity contribution in [2.45, 2.75) is 46.1 Å². The number of ether oxygens (including phenoxy) is 1. The standard InChI is InChI=1S/C23H25NO3S/c1-15-5-10-20(19(11-15)23(2,3)4)27-13-16-6-8-17(9-7-16)22-24-18(14-28-22)12-21(25)26/h5-11,14H,12-13H2,1-4H3,(H,25,26)/p-1. The Bertz CT molecular complexity index is 968. The van der Waals surface area contributed by atoms with Crippen molar-refractivity contribution >= 4 is 17.3 Å². The number of benzene rings is 2. The second-order valence-electron chi connectivity index (χ2n) is 7.93. The Kier molecular flexibility index (Phi) is 5.84. The first kappa shape index (κ1) is 20.1. The van der Waals surface area contributed by atoms with E-state index in [2.05, 4.69) is 44.8 Å². The molecule has 3 aromatic rings. The molecule has 0 amide bonds. The second-order valence-corrected chi connectivity index (χ2v) is 8.79. The number of hydrogen-bond donors (Lipinski definition) is 0. The van der Waals surface area contributed by atoms with Crippen LogP contribution in [0.25, 0.3) is 10.6 Å². The number of carboxylic acids is 1. The highest BCUT2D eigenvalue weighted by Crippen LogP contribution is 2.33. The maximum Gasteiger partial charge on any atom is 0.123 e. The average molecular weight is 395 g/mol. The van der Waals surface area contributed by atoms with Crippen LogP contribution in [0.15, 0.2) is 47.8 Å². The molecule has 0 spiro atoms. The van der Waals surface area contributed by atoms with Crippen molar-refractivity contribution in [3.63, 3.8) is 0 Å². The molecule has 1 aromatic heterocycles. The van der Waals surface area contributed by atoms with E-state index in [0.29, 0.717) is 12.3 Å². The zero-order valence-corrected chi connectivity index (χ0v) is 17.4. The summed E-state index contributed by atoms with van der Waals surface area (Å²) in [4.78, 5) is 15.0. The predicted octanol–water partition coefficient (Wildman–Crippen LogP) is 4.29. The molecule has 0 unspecified atom stereocenters. The van der Waals surface area contributed by atoms with Gasteiger partial charge in [0, 0.05) is 23.3 Å². The molecule has 0 saturated heterocycles. The van der Waals surface area contributed by atoms with Crippen LogP contribution in [0.5, 0.6) is 5.75 Å². The molecule has 0 radical (unpaired) electrons. The molecule has 0 aliphatic rings. The fraction of sp³-hybridized carbons (Fsp3) is 0.304. The van der Waals surface area contributed by atoms with E-state index in [1.807, 2.05) is 30.3 Å². The van der Waals surface area contributed by atoms with Crippen LogP contribution in [-0.2, 0) is 23.2 Å². The molecule has 3 rings (SSSR count). The summed E-state index contributed by atoms with van der Waals surface area (Å²) < 4.78 is 6.11. The van der Waals surface area contributed by atoms with E-state index in [9.17, 15) is 9.90 Å². The minimum atomic E-state index is -1.12. The largest absolute Gasteiger partial charge is 0.550 e. The number of aromatic nitrogens is 1. The highest BCUT2D eigenvalue weighted by molar-refractivity contribution is 7.13. The van der Waals surface area contributed by atoms with E-state index in [1.54, 1.807) is 5.38 Å². The minimum absolute atomic E-state index is 0.0131. The molecule has 146 valence electrons. The first-order valence-corrected chi connectivity index (χ1v) is 10.1. The maximum atomic E-state index is 10.7. The summed E-state index contributed by atoms with van der Waals surface area (Å²) in [6.45, 7) is 9.14. The van der Waals surface area contributed by atoms with Crippen LogP contribution in [0.1, 0.15) is 43.2 Å². The number of nitrogens with zero attached hydrogens (tertiary/aromatic N) is 1. The Morgan fingerprint density at radius 3 is 2.50 bits per heavy atom. The van der Waals surface area contributed by atoms with E-state index in [-0.39, 0.29) is 11.8 Å². The van der Waals surface area contributed by atoms with Gasteiger partial charge in [0.25, 0.3) is 0 Å². The van der Waals surface area contributed by atoms with E-state index < -0.39 is 5.97 Å². The Hall–Kier alpha value is -2.66.